The number of nitrogens with zero attached hydrogens (tertiary/aromatic N) is 2. The number of hydrogen-bond donors (Lipinski definition) is 1. The second kappa shape index (κ2) is 5.03. The van der Waals surface area contributed by atoms with Crippen LogP contribution in [0.5, 0.6) is 6.01 Å². The molecule has 0 radical (unpaired) electrons. The molecule has 0 saturated carbocycles. The molecule has 1 atom stereocenters. The van der Waals surface area contributed by atoms with Crippen LogP contribution in [0, 0.1) is 0 Å². The number of aromatic nitrogens is 2. The Bertz CT molecular complexity index is 468. The van der Waals surface area contributed by atoms with E-state index < -0.39 is 26.9 Å². The number of carbonyl (C=O) groups is 1. The summed E-state index contributed by atoms with van der Waals surface area (Å²) in [6.45, 7) is 3.27. The van der Waals surface area contributed by atoms with Gasteiger partial charge in [-0.2, -0.15) is 4.98 Å². The van der Waals surface area contributed by atoms with Crippen LogP contribution >= 0.6 is 11.5 Å². The van der Waals surface area contributed by atoms with Gasteiger partial charge in [-0.15, -0.1) is 11.0 Å². The van der Waals surface area contributed by atoms with Gasteiger partial charge in [-0.1, -0.05) is 6.08 Å². The summed E-state index contributed by atoms with van der Waals surface area (Å²) in [4.78, 5) is 14.6. The maximum atomic E-state index is 11.5. The van der Waals surface area contributed by atoms with Gasteiger partial charge in [0.05, 0.1) is 5.75 Å². The summed E-state index contributed by atoms with van der Waals surface area (Å²) >= 11 is 0.964. The highest BCUT2D eigenvalue weighted by Crippen LogP contribution is 2.11. The zero-order chi connectivity index (χ0) is 12.2. The number of primary amides is 1. The molecule has 1 heterocycles. The van der Waals surface area contributed by atoms with E-state index in [1.165, 1.54) is 5.51 Å². The lowest BCUT2D eigenvalue weighted by Crippen LogP contribution is -2.41. The Hall–Kier alpha value is -1.48. The Balaban J connectivity index is 2.92. The van der Waals surface area contributed by atoms with E-state index in [0.29, 0.717) is 0 Å². The lowest BCUT2D eigenvalue weighted by Gasteiger charge is -2.12. The second-order valence-corrected chi connectivity index (χ2v) is 5.38. The fourth-order valence-electron chi connectivity index (χ4n) is 0.869. The van der Waals surface area contributed by atoms with Crippen molar-refractivity contribution in [3.05, 3.63) is 18.2 Å². The van der Waals surface area contributed by atoms with Gasteiger partial charge >= 0.3 is 6.01 Å². The first-order valence-electron chi connectivity index (χ1n) is 4.02. The molecular weight excluding hydrogens is 254 g/mol. The molecule has 0 bridgehead atoms. The van der Waals surface area contributed by atoms with Gasteiger partial charge in [0, 0.05) is 0 Å². The Morgan fingerprint density at radius 2 is 2.44 bits per heavy atom. The Morgan fingerprint density at radius 1 is 1.75 bits per heavy atom. The van der Waals surface area contributed by atoms with Crippen molar-refractivity contribution in [2.45, 2.75) is 5.44 Å². The zero-order valence-electron chi connectivity index (χ0n) is 8.07. The number of hydrogen-bond acceptors (Lipinski definition) is 7. The van der Waals surface area contributed by atoms with E-state index in [4.69, 9.17) is 10.5 Å². The molecule has 0 aliphatic heterocycles. The molecule has 88 valence electrons. The fraction of sp³-hybridized carbons (Fsp3) is 0.286. The van der Waals surface area contributed by atoms with Crippen LogP contribution in [0.25, 0.3) is 0 Å². The number of sulfone groups is 1. The van der Waals surface area contributed by atoms with E-state index in [9.17, 15) is 13.2 Å². The van der Waals surface area contributed by atoms with Crippen LogP contribution in [-0.2, 0) is 14.6 Å². The quantitative estimate of drug-likeness (QED) is 0.681. The summed E-state index contributed by atoms with van der Waals surface area (Å²) in [5.74, 6) is -1.53. The van der Waals surface area contributed by atoms with Gasteiger partial charge in [0.25, 0.3) is 11.3 Å². The van der Waals surface area contributed by atoms with Crippen LogP contribution in [0.4, 0.5) is 0 Å². The predicted molar refractivity (Wildman–Crippen MR) is 57.5 cm³/mol. The van der Waals surface area contributed by atoms with Gasteiger partial charge < -0.3 is 10.5 Å². The molecule has 0 aliphatic rings. The van der Waals surface area contributed by atoms with Crippen LogP contribution in [0.3, 0.4) is 0 Å². The zero-order valence-corrected chi connectivity index (χ0v) is 9.70. The second-order valence-electron chi connectivity index (χ2n) is 2.68. The van der Waals surface area contributed by atoms with E-state index in [1.807, 2.05) is 0 Å². The van der Waals surface area contributed by atoms with Gasteiger partial charge in [-0.25, -0.2) is 8.42 Å². The molecule has 0 fully saturated rings. The molecular formula is C7H9N3O4S2. The first-order chi connectivity index (χ1) is 7.47. The van der Waals surface area contributed by atoms with Crippen LogP contribution < -0.4 is 10.5 Å². The summed E-state index contributed by atoms with van der Waals surface area (Å²) in [5.41, 5.74) is 4.49. The van der Waals surface area contributed by atoms with E-state index in [2.05, 4.69) is 15.9 Å². The van der Waals surface area contributed by atoms with Crippen molar-refractivity contribution in [1.29, 1.82) is 0 Å². The van der Waals surface area contributed by atoms with E-state index in [1.54, 1.807) is 0 Å². The van der Waals surface area contributed by atoms with Crippen LogP contribution in [0.15, 0.2) is 18.2 Å². The lowest BCUT2D eigenvalue weighted by atomic mass is 10.7. The summed E-state index contributed by atoms with van der Waals surface area (Å²) in [6, 6.07) is -0.193. The molecule has 2 N–H and O–H groups in total. The van der Waals surface area contributed by atoms with Gasteiger partial charge in [0.1, 0.15) is 5.51 Å². The van der Waals surface area contributed by atoms with Crippen molar-refractivity contribution in [3.63, 3.8) is 0 Å². The SMILES string of the molecule is C=CCS(=O)(=O)C(Oc1ncsn1)C(N)=O. The standard InChI is InChI=1S/C7H9N3O4S2/c1-2-3-16(12,13)6(5(8)11)14-7-9-4-15-10-7/h2,4,6H,1,3H2,(H2,8,11). The smallest absolute Gasteiger partial charge is 0.330 e. The minimum absolute atomic E-state index is 0.193. The van der Waals surface area contributed by atoms with E-state index >= 15 is 0 Å². The summed E-state index contributed by atoms with van der Waals surface area (Å²) < 4.78 is 31.5. The third kappa shape index (κ3) is 3.00. The van der Waals surface area contributed by atoms with E-state index in [-0.39, 0.29) is 6.01 Å². The molecule has 7 nitrogen and oxygen atoms in total. The van der Waals surface area contributed by atoms with E-state index in [0.717, 1.165) is 17.6 Å². The largest absolute Gasteiger partial charge is 0.433 e. The monoisotopic (exact) mass is 263 g/mol. The molecule has 0 aromatic carbocycles. The first-order valence-corrected chi connectivity index (χ1v) is 6.57. The molecule has 1 amide bonds. The minimum Gasteiger partial charge on any atom is -0.433 e. The van der Waals surface area contributed by atoms with Crippen molar-refractivity contribution in [2.24, 2.45) is 5.73 Å². The van der Waals surface area contributed by atoms with Crippen molar-refractivity contribution in [1.82, 2.24) is 9.36 Å². The molecule has 1 unspecified atom stereocenters. The highest BCUT2D eigenvalue weighted by Gasteiger charge is 2.32. The Kier molecular flexibility index (Phi) is 3.96. The topological polar surface area (TPSA) is 112 Å². The molecule has 9 heteroatoms. The summed E-state index contributed by atoms with van der Waals surface area (Å²) in [5, 5.41) is 0. The molecule has 0 aliphatic carbocycles. The number of nitrogens with two attached hydrogens (primary N) is 1. The van der Waals surface area contributed by atoms with Gasteiger partial charge in [0.15, 0.2) is 0 Å². The van der Waals surface area contributed by atoms with Gasteiger partial charge in [-0.05, 0) is 11.5 Å². The van der Waals surface area contributed by atoms with Gasteiger partial charge in [0.2, 0.25) is 9.84 Å². The third-order valence-corrected chi connectivity index (χ3v) is 3.60. The average Bonchev–Trinajstić information content (AvgIpc) is 2.65. The summed E-state index contributed by atoms with van der Waals surface area (Å²) in [6.07, 6.45) is 1.14. The molecule has 1 aromatic rings. The average molecular weight is 263 g/mol. The number of ether oxygens (including phenoxy) is 1. The molecule has 0 saturated heterocycles. The number of carbonyl (C=O) groups excluding carboxylic acids is 1. The molecule has 1 rings (SSSR count). The number of amides is 1. The lowest BCUT2D eigenvalue weighted by molar-refractivity contribution is -0.121. The maximum absolute atomic E-state index is 11.5. The maximum Gasteiger partial charge on any atom is 0.330 e. The summed E-state index contributed by atoms with van der Waals surface area (Å²) in [7, 11) is -3.84. The van der Waals surface area contributed by atoms with Crippen LogP contribution in [0.2, 0.25) is 0 Å². The normalized spacial score (nSPS) is 13.0. The van der Waals surface area contributed by atoms with Crippen molar-refractivity contribution >= 4 is 27.3 Å². The van der Waals surface area contributed by atoms with Crippen LogP contribution in [-0.4, -0.2) is 34.9 Å². The third-order valence-electron chi connectivity index (χ3n) is 1.46. The van der Waals surface area contributed by atoms with Crippen molar-refractivity contribution < 1.29 is 17.9 Å². The Morgan fingerprint density at radius 3 is 2.88 bits per heavy atom. The van der Waals surface area contributed by atoms with Gasteiger partial charge in [-0.3, -0.25) is 4.79 Å². The van der Waals surface area contributed by atoms with Crippen LogP contribution in [0.1, 0.15) is 0 Å². The Labute approximate surface area is 96.0 Å². The molecule has 16 heavy (non-hydrogen) atoms. The van der Waals surface area contributed by atoms with Crippen molar-refractivity contribution in [3.8, 4) is 6.01 Å². The molecule has 0 spiro atoms. The van der Waals surface area contributed by atoms with Crippen molar-refractivity contribution in [2.75, 3.05) is 5.75 Å². The molecule has 1 aromatic heterocycles. The number of rotatable bonds is 6. The fourth-order valence-corrected chi connectivity index (χ4v) is 2.32. The minimum atomic E-state index is -3.84. The predicted octanol–water partition coefficient (Wildman–Crippen LogP) is -0.671. The first kappa shape index (κ1) is 12.6. The highest BCUT2D eigenvalue weighted by atomic mass is 32.2. The highest BCUT2D eigenvalue weighted by molar-refractivity contribution is 7.92.